The van der Waals surface area contributed by atoms with Crippen molar-refractivity contribution in [2.24, 2.45) is 0 Å². The summed E-state index contributed by atoms with van der Waals surface area (Å²) in [6, 6.07) is 14.1. The minimum absolute atomic E-state index is 0.211. The summed E-state index contributed by atoms with van der Waals surface area (Å²) in [6.45, 7) is 4.65. The summed E-state index contributed by atoms with van der Waals surface area (Å²) in [4.78, 5) is 0. The first kappa shape index (κ1) is 18.3. The van der Waals surface area contributed by atoms with Crippen LogP contribution in [0.2, 0.25) is 10.0 Å². The standard InChI is InChI=1S/C20H22Cl2N2O/c1-14-18(12-23-9-4-10-25)17-5-2-3-6-20(17)24(14)13-15-7-8-16(21)11-19(15)22/h2-3,5-8,11,23,25H,4,9-10,12-13H2,1H3. The molecule has 2 aromatic carbocycles. The molecule has 0 aliphatic rings. The Hall–Kier alpha value is -1.52. The van der Waals surface area contributed by atoms with Crippen molar-refractivity contribution >= 4 is 34.1 Å². The normalized spacial score (nSPS) is 11.4. The molecule has 1 heterocycles. The Morgan fingerprint density at radius 2 is 1.92 bits per heavy atom. The Labute approximate surface area is 158 Å². The molecule has 3 nitrogen and oxygen atoms in total. The van der Waals surface area contributed by atoms with Crippen molar-refractivity contribution in [3.8, 4) is 0 Å². The molecule has 5 heteroatoms. The number of benzene rings is 2. The number of aliphatic hydroxyl groups is 1. The molecule has 25 heavy (non-hydrogen) atoms. The fraction of sp³-hybridized carbons (Fsp3) is 0.300. The van der Waals surface area contributed by atoms with Gasteiger partial charge in [0.1, 0.15) is 0 Å². The van der Waals surface area contributed by atoms with E-state index in [-0.39, 0.29) is 6.61 Å². The van der Waals surface area contributed by atoms with E-state index in [4.69, 9.17) is 28.3 Å². The highest BCUT2D eigenvalue weighted by Crippen LogP contribution is 2.29. The van der Waals surface area contributed by atoms with E-state index in [1.807, 2.05) is 12.1 Å². The summed E-state index contributed by atoms with van der Waals surface area (Å²) in [5, 5.41) is 14.9. The predicted molar refractivity (Wildman–Crippen MR) is 106 cm³/mol. The molecular weight excluding hydrogens is 355 g/mol. The highest BCUT2D eigenvalue weighted by Gasteiger charge is 2.14. The van der Waals surface area contributed by atoms with Gasteiger partial charge in [0.05, 0.1) is 0 Å². The summed E-state index contributed by atoms with van der Waals surface area (Å²) in [5.74, 6) is 0. The molecule has 0 aliphatic carbocycles. The Balaban J connectivity index is 1.96. The number of aromatic nitrogens is 1. The van der Waals surface area contributed by atoms with Crippen LogP contribution in [-0.2, 0) is 13.1 Å². The van der Waals surface area contributed by atoms with Crippen molar-refractivity contribution in [1.82, 2.24) is 9.88 Å². The number of nitrogens with one attached hydrogen (secondary N) is 1. The molecule has 0 amide bonds. The van der Waals surface area contributed by atoms with Gasteiger partial charge in [0, 0.05) is 46.3 Å². The lowest BCUT2D eigenvalue weighted by Crippen LogP contribution is -2.16. The number of rotatable bonds is 7. The van der Waals surface area contributed by atoms with Crippen LogP contribution in [0, 0.1) is 6.92 Å². The molecule has 0 saturated heterocycles. The van der Waals surface area contributed by atoms with Crippen LogP contribution < -0.4 is 5.32 Å². The Morgan fingerprint density at radius 3 is 2.68 bits per heavy atom. The molecule has 0 aliphatic heterocycles. The first-order valence-corrected chi connectivity index (χ1v) is 9.19. The van der Waals surface area contributed by atoms with Crippen LogP contribution in [0.4, 0.5) is 0 Å². The second-order valence-corrected chi connectivity index (χ2v) is 7.00. The van der Waals surface area contributed by atoms with E-state index in [9.17, 15) is 0 Å². The fourth-order valence-corrected chi connectivity index (χ4v) is 3.64. The van der Waals surface area contributed by atoms with Crippen LogP contribution in [-0.4, -0.2) is 22.8 Å². The predicted octanol–water partition coefficient (Wildman–Crippen LogP) is 4.78. The number of nitrogens with zero attached hydrogens (tertiary/aromatic N) is 1. The van der Waals surface area contributed by atoms with Gasteiger partial charge in [-0.05, 0) is 49.2 Å². The van der Waals surface area contributed by atoms with Crippen LogP contribution in [0.25, 0.3) is 10.9 Å². The minimum Gasteiger partial charge on any atom is -0.396 e. The summed E-state index contributed by atoms with van der Waals surface area (Å²) in [5.41, 5.74) is 4.77. The van der Waals surface area contributed by atoms with Gasteiger partial charge in [0.2, 0.25) is 0 Å². The Kier molecular flexibility index (Phi) is 6.02. The second kappa shape index (κ2) is 8.24. The third kappa shape index (κ3) is 4.01. The number of hydrogen-bond acceptors (Lipinski definition) is 2. The molecule has 2 N–H and O–H groups in total. The number of hydrogen-bond donors (Lipinski definition) is 2. The lowest BCUT2D eigenvalue weighted by atomic mass is 10.1. The smallest absolute Gasteiger partial charge is 0.0493 e. The highest BCUT2D eigenvalue weighted by atomic mass is 35.5. The molecule has 1 aromatic heterocycles. The highest BCUT2D eigenvalue weighted by molar-refractivity contribution is 6.35. The summed E-state index contributed by atoms with van der Waals surface area (Å²) < 4.78 is 2.30. The zero-order valence-electron chi connectivity index (χ0n) is 14.2. The maximum absolute atomic E-state index is 8.94. The van der Waals surface area contributed by atoms with E-state index < -0.39 is 0 Å². The molecule has 0 saturated carbocycles. The van der Waals surface area contributed by atoms with Crippen molar-refractivity contribution in [1.29, 1.82) is 0 Å². The molecule has 0 radical (unpaired) electrons. The van der Waals surface area contributed by atoms with Crippen molar-refractivity contribution in [3.05, 3.63) is 69.3 Å². The third-order valence-electron chi connectivity index (χ3n) is 4.52. The van der Waals surface area contributed by atoms with Gasteiger partial charge in [-0.1, -0.05) is 47.5 Å². The Bertz CT molecular complexity index is 874. The first-order valence-electron chi connectivity index (χ1n) is 8.44. The van der Waals surface area contributed by atoms with Crippen molar-refractivity contribution in [3.63, 3.8) is 0 Å². The zero-order chi connectivity index (χ0) is 17.8. The maximum Gasteiger partial charge on any atom is 0.0493 e. The SMILES string of the molecule is Cc1c(CNCCCO)c2ccccc2n1Cc1ccc(Cl)cc1Cl. The number of para-hydroxylation sites is 1. The van der Waals surface area contributed by atoms with Crippen molar-refractivity contribution in [2.45, 2.75) is 26.4 Å². The van der Waals surface area contributed by atoms with Crippen LogP contribution in [0.3, 0.4) is 0 Å². The monoisotopic (exact) mass is 376 g/mol. The molecule has 0 unspecified atom stereocenters. The minimum atomic E-state index is 0.211. The van der Waals surface area contributed by atoms with Crippen LogP contribution in [0.5, 0.6) is 0 Å². The summed E-state index contributed by atoms with van der Waals surface area (Å²) in [7, 11) is 0. The summed E-state index contributed by atoms with van der Waals surface area (Å²) >= 11 is 12.4. The molecule has 132 valence electrons. The van der Waals surface area contributed by atoms with Gasteiger partial charge >= 0.3 is 0 Å². The molecule has 0 atom stereocenters. The average molecular weight is 377 g/mol. The molecule has 3 aromatic rings. The van der Waals surface area contributed by atoms with E-state index in [1.54, 1.807) is 6.07 Å². The van der Waals surface area contributed by atoms with Crippen molar-refractivity contribution < 1.29 is 5.11 Å². The van der Waals surface area contributed by atoms with Gasteiger partial charge in [0.15, 0.2) is 0 Å². The largest absolute Gasteiger partial charge is 0.396 e. The lowest BCUT2D eigenvalue weighted by molar-refractivity contribution is 0.286. The molecule has 3 rings (SSSR count). The lowest BCUT2D eigenvalue weighted by Gasteiger charge is -2.11. The number of fused-ring (bicyclic) bond motifs is 1. The Morgan fingerprint density at radius 1 is 1.12 bits per heavy atom. The number of aliphatic hydroxyl groups excluding tert-OH is 1. The van der Waals surface area contributed by atoms with E-state index in [2.05, 4.69) is 41.1 Å². The van der Waals surface area contributed by atoms with Gasteiger partial charge in [0.25, 0.3) is 0 Å². The zero-order valence-corrected chi connectivity index (χ0v) is 15.7. The van der Waals surface area contributed by atoms with Gasteiger partial charge < -0.3 is 15.0 Å². The van der Waals surface area contributed by atoms with Gasteiger partial charge in [-0.25, -0.2) is 0 Å². The second-order valence-electron chi connectivity index (χ2n) is 6.16. The van der Waals surface area contributed by atoms with Crippen LogP contribution in [0.15, 0.2) is 42.5 Å². The topological polar surface area (TPSA) is 37.2 Å². The van der Waals surface area contributed by atoms with Gasteiger partial charge in [-0.15, -0.1) is 0 Å². The van der Waals surface area contributed by atoms with E-state index >= 15 is 0 Å². The first-order chi connectivity index (χ1) is 12.1. The van der Waals surface area contributed by atoms with Gasteiger partial charge in [-0.3, -0.25) is 0 Å². The molecule has 0 fully saturated rings. The molecule has 0 spiro atoms. The molecular formula is C20H22Cl2N2O. The fourth-order valence-electron chi connectivity index (χ4n) is 3.17. The molecule has 0 bridgehead atoms. The maximum atomic E-state index is 8.94. The average Bonchev–Trinajstić information content (AvgIpc) is 2.86. The van der Waals surface area contributed by atoms with E-state index in [0.29, 0.717) is 16.6 Å². The summed E-state index contributed by atoms with van der Waals surface area (Å²) in [6.07, 6.45) is 0.762. The van der Waals surface area contributed by atoms with Crippen LogP contribution >= 0.6 is 23.2 Å². The third-order valence-corrected chi connectivity index (χ3v) is 5.11. The van der Waals surface area contributed by atoms with E-state index in [1.165, 1.54) is 22.2 Å². The number of halogens is 2. The van der Waals surface area contributed by atoms with Crippen molar-refractivity contribution in [2.75, 3.05) is 13.2 Å². The van der Waals surface area contributed by atoms with Gasteiger partial charge in [-0.2, -0.15) is 0 Å². The van der Waals surface area contributed by atoms with Crippen LogP contribution in [0.1, 0.15) is 23.2 Å². The quantitative estimate of drug-likeness (QED) is 0.582. The van der Waals surface area contributed by atoms with E-state index in [0.717, 1.165) is 25.1 Å².